The first-order valence-corrected chi connectivity index (χ1v) is 9.07. The van der Waals surface area contributed by atoms with Gasteiger partial charge in [-0.3, -0.25) is 0 Å². The molecular weight excluding hydrogens is 438 g/mol. The molecule has 1 unspecified atom stereocenters. The molecule has 0 aromatic carbocycles. The van der Waals surface area contributed by atoms with Gasteiger partial charge in [0.2, 0.25) is 6.17 Å². The monoisotopic (exact) mass is 459 g/mol. The summed E-state index contributed by atoms with van der Waals surface area (Å²) in [5.41, 5.74) is 2.37. The lowest BCUT2D eigenvalue weighted by molar-refractivity contribution is -0.190. The minimum atomic E-state index is -4.42. The van der Waals surface area contributed by atoms with E-state index in [4.69, 9.17) is 4.43 Å². The predicted octanol–water partition coefficient (Wildman–Crippen LogP) is 2.76. The summed E-state index contributed by atoms with van der Waals surface area (Å²) in [7, 11) is 2.00. The van der Waals surface area contributed by atoms with Gasteiger partial charge in [0.25, 0.3) is 0 Å². The first-order valence-electron chi connectivity index (χ1n) is 7.18. The highest BCUT2D eigenvalue weighted by Gasteiger charge is 2.52. The molecule has 0 spiro atoms. The van der Waals surface area contributed by atoms with Crippen molar-refractivity contribution in [2.45, 2.75) is 40.0 Å². The van der Waals surface area contributed by atoms with E-state index in [2.05, 4.69) is 27.6 Å². The Balaban J connectivity index is 2.70. The number of rotatable bonds is 2. The molecule has 0 saturated heterocycles. The lowest BCUT2D eigenvalue weighted by atomic mass is 9.79. The fourth-order valence-corrected chi connectivity index (χ4v) is 4.10. The van der Waals surface area contributed by atoms with Gasteiger partial charge in [-0.15, -0.1) is 0 Å². The summed E-state index contributed by atoms with van der Waals surface area (Å²) in [5.74, 6) is 0.381. The van der Waals surface area contributed by atoms with Crippen molar-refractivity contribution in [3.05, 3.63) is 20.4 Å². The second-order valence-electron chi connectivity index (χ2n) is 6.71. The zero-order valence-electron chi connectivity index (χ0n) is 14.0. The number of hydrazine groups is 1. The van der Waals surface area contributed by atoms with Crippen LogP contribution in [0.4, 0.5) is 13.2 Å². The fourth-order valence-electron chi connectivity index (χ4n) is 2.92. The summed E-state index contributed by atoms with van der Waals surface area (Å²) in [6, 6.07) is 0. The van der Waals surface area contributed by atoms with Crippen molar-refractivity contribution in [1.82, 2.24) is 10.0 Å². The van der Waals surface area contributed by atoms with Gasteiger partial charge in [-0.2, -0.15) is 18.2 Å². The molecule has 2 rings (SSSR count). The number of fused-ring (bicyclic) bond motifs is 1. The molecule has 0 fully saturated rings. The van der Waals surface area contributed by atoms with Gasteiger partial charge in [0, 0.05) is 12.6 Å². The highest BCUT2D eigenvalue weighted by atomic mass is 127. The Kier molecular flexibility index (Phi) is 5.07. The molecule has 23 heavy (non-hydrogen) atoms. The Bertz CT molecular complexity index is 607. The van der Waals surface area contributed by atoms with Crippen molar-refractivity contribution in [3.8, 4) is 0 Å². The molecule has 1 atom stereocenters. The second kappa shape index (κ2) is 6.16. The van der Waals surface area contributed by atoms with Gasteiger partial charge in [0.15, 0.2) is 0 Å². The van der Waals surface area contributed by atoms with Crippen LogP contribution in [0.1, 0.15) is 27.7 Å². The standard InChI is InChI=1S/C14H21F3IN3OSi/c1-7-8(6-22-23)9(13(2,3)4)11-19-12(14(15,16)17)20(5)21(11)10(7)18/h12H,6H2,1-5,23H3. The van der Waals surface area contributed by atoms with Gasteiger partial charge in [-0.1, -0.05) is 20.8 Å². The van der Waals surface area contributed by atoms with E-state index in [0.29, 0.717) is 22.9 Å². The van der Waals surface area contributed by atoms with E-state index in [1.54, 1.807) is 5.01 Å². The van der Waals surface area contributed by atoms with Crippen LogP contribution in [0.5, 0.6) is 0 Å². The van der Waals surface area contributed by atoms with Gasteiger partial charge in [-0.05, 0) is 46.1 Å². The highest BCUT2D eigenvalue weighted by Crippen LogP contribution is 2.45. The minimum absolute atomic E-state index is 0.341. The van der Waals surface area contributed by atoms with Crippen molar-refractivity contribution in [3.63, 3.8) is 0 Å². The minimum Gasteiger partial charge on any atom is -0.424 e. The summed E-state index contributed by atoms with van der Waals surface area (Å²) in [6.07, 6.45) is -6.27. The lowest BCUT2D eigenvalue weighted by Gasteiger charge is -2.39. The number of hydrogen-bond donors (Lipinski definition) is 0. The molecule has 2 aliphatic heterocycles. The van der Waals surface area contributed by atoms with Crippen molar-refractivity contribution in [2.24, 2.45) is 10.4 Å². The normalized spacial score (nSPS) is 23.8. The first-order chi connectivity index (χ1) is 10.4. The number of amidine groups is 1. The largest absolute Gasteiger partial charge is 0.425 e. The van der Waals surface area contributed by atoms with E-state index in [0.717, 1.165) is 25.4 Å². The Morgan fingerprint density at radius 2 is 1.87 bits per heavy atom. The molecule has 2 aliphatic rings. The first kappa shape index (κ1) is 18.9. The molecule has 2 heterocycles. The molecule has 130 valence electrons. The lowest BCUT2D eigenvalue weighted by Crippen LogP contribution is -2.48. The molecule has 0 N–H and O–H groups in total. The maximum atomic E-state index is 13.3. The Labute approximate surface area is 151 Å². The van der Waals surface area contributed by atoms with Crippen LogP contribution in [0.25, 0.3) is 0 Å². The number of hydrogen-bond acceptors (Lipinski definition) is 4. The summed E-state index contributed by atoms with van der Waals surface area (Å²) in [4.78, 5) is 4.03. The Morgan fingerprint density at radius 3 is 2.30 bits per heavy atom. The van der Waals surface area contributed by atoms with E-state index in [1.807, 2.05) is 27.7 Å². The molecule has 0 aromatic heterocycles. The SMILES string of the molecule is CC1=C(I)N2C(=NC(C(F)(F)F)N2C)C(C(C)(C)C)=C1CO[SiH3]. The van der Waals surface area contributed by atoms with Crippen molar-refractivity contribution >= 4 is 38.9 Å². The van der Waals surface area contributed by atoms with Crippen LogP contribution >= 0.6 is 22.6 Å². The van der Waals surface area contributed by atoms with Gasteiger partial charge in [0.05, 0.1) is 6.61 Å². The third-order valence-corrected chi connectivity index (χ3v) is 5.47. The zero-order chi connectivity index (χ0) is 17.7. The summed E-state index contributed by atoms with van der Waals surface area (Å²) in [5, 5.41) is 2.73. The maximum Gasteiger partial charge on any atom is 0.425 e. The zero-order valence-corrected chi connectivity index (χ0v) is 18.2. The summed E-state index contributed by atoms with van der Waals surface area (Å²) >= 11 is 2.08. The van der Waals surface area contributed by atoms with Gasteiger partial charge in [0.1, 0.15) is 20.0 Å². The van der Waals surface area contributed by atoms with Gasteiger partial charge < -0.3 is 4.43 Å². The van der Waals surface area contributed by atoms with Crippen molar-refractivity contribution in [1.29, 1.82) is 0 Å². The summed E-state index contributed by atoms with van der Waals surface area (Å²) in [6.45, 7) is 8.30. The third-order valence-electron chi connectivity index (χ3n) is 3.92. The predicted molar refractivity (Wildman–Crippen MR) is 96.0 cm³/mol. The smallest absolute Gasteiger partial charge is 0.424 e. The van der Waals surface area contributed by atoms with Crippen LogP contribution in [0, 0.1) is 5.41 Å². The van der Waals surface area contributed by atoms with E-state index in [9.17, 15) is 13.2 Å². The van der Waals surface area contributed by atoms with E-state index in [-0.39, 0.29) is 5.41 Å². The Morgan fingerprint density at radius 1 is 1.30 bits per heavy atom. The Hall–Kier alpha value is -0.393. The summed E-state index contributed by atoms with van der Waals surface area (Å²) < 4.78 is 46.1. The van der Waals surface area contributed by atoms with Crippen molar-refractivity contribution < 1.29 is 17.6 Å². The number of alkyl halides is 3. The molecule has 0 saturated carbocycles. The van der Waals surface area contributed by atoms with Gasteiger partial charge in [-0.25, -0.2) is 10.0 Å². The molecule has 0 amide bonds. The quantitative estimate of drug-likeness (QED) is 0.361. The van der Waals surface area contributed by atoms with E-state index < -0.39 is 12.3 Å². The topological polar surface area (TPSA) is 28.1 Å². The average Bonchev–Trinajstić information content (AvgIpc) is 2.72. The second-order valence-corrected chi connectivity index (χ2v) is 8.30. The van der Waals surface area contributed by atoms with Crippen LogP contribution < -0.4 is 0 Å². The molecule has 4 nitrogen and oxygen atoms in total. The number of halogens is 4. The van der Waals surface area contributed by atoms with E-state index in [1.165, 1.54) is 7.05 Å². The highest BCUT2D eigenvalue weighted by molar-refractivity contribution is 14.1. The number of aliphatic imine (C=N–C) groups is 1. The van der Waals surface area contributed by atoms with Gasteiger partial charge >= 0.3 is 6.18 Å². The van der Waals surface area contributed by atoms with Crippen LogP contribution in [0.15, 0.2) is 25.4 Å². The molecule has 0 aromatic rings. The van der Waals surface area contributed by atoms with Crippen LogP contribution in [0.2, 0.25) is 0 Å². The van der Waals surface area contributed by atoms with Crippen LogP contribution in [0.3, 0.4) is 0 Å². The van der Waals surface area contributed by atoms with Crippen LogP contribution in [-0.2, 0) is 4.43 Å². The van der Waals surface area contributed by atoms with Crippen LogP contribution in [-0.4, -0.2) is 52.3 Å². The van der Waals surface area contributed by atoms with E-state index >= 15 is 0 Å². The number of nitrogens with zero attached hydrogens (tertiary/aromatic N) is 3. The molecule has 0 radical (unpaired) electrons. The molecule has 0 aliphatic carbocycles. The molecule has 0 bridgehead atoms. The third kappa shape index (κ3) is 3.24. The maximum absolute atomic E-state index is 13.3. The molecule has 9 heteroatoms. The fraction of sp³-hybridized carbons (Fsp3) is 0.643. The average molecular weight is 459 g/mol. The van der Waals surface area contributed by atoms with Crippen molar-refractivity contribution in [2.75, 3.05) is 13.7 Å². The molecular formula is C14H21F3IN3OSi.